The molecule has 1 fully saturated rings. The second-order valence-corrected chi connectivity index (χ2v) is 5.02. The summed E-state index contributed by atoms with van der Waals surface area (Å²) >= 11 is 0. The number of carbonyl (C=O) groups excluding carboxylic acids is 1. The lowest BCUT2D eigenvalue weighted by atomic mass is 10.1. The van der Waals surface area contributed by atoms with E-state index in [1.807, 2.05) is 32.2 Å². The molecule has 98 valence electrons. The number of amides is 1. The van der Waals surface area contributed by atoms with Crippen molar-refractivity contribution in [3.05, 3.63) is 29.3 Å². The Kier molecular flexibility index (Phi) is 3.87. The van der Waals surface area contributed by atoms with Crippen molar-refractivity contribution in [2.45, 2.75) is 19.4 Å². The van der Waals surface area contributed by atoms with Crippen molar-refractivity contribution in [1.82, 2.24) is 10.2 Å². The molecule has 1 saturated heterocycles. The molecule has 4 nitrogen and oxygen atoms in total. The Bertz CT molecular complexity index is 445. The van der Waals surface area contributed by atoms with Crippen LogP contribution in [0.5, 0.6) is 0 Å². The van der Waals surface area contributed by atoms with E-state index in [-0.39, 0.29) is 11.9 Å². The zero-order valence-corrected chi connectivity index (χ0v) is 11.3. The van der Waals surface area contributed by atoms with Gasteiger partial charge in [0.1, 0.15) is 0 Å². The average Bonchev–Trinajstić information content (AvgIpc) is 2.74. The molecule has 1 aliphatic rings. The van der Waals surface area contributed by atoms with Crippen LogP contribution in [0.4, 0.5) is 5.69 Å². The molecule has 1 unspecified atom stereocenters. The highest BCUT2D eigenvalue weighted by Crippen LogP contribution is 2.17. The van der Waals surface area contributed by atoms with Crippen LogP contribution in [0, 0.1) is 6.92 Å². The van der Waals surface area contributed by atoms with Gasteiger partial charge in [0.2, 0.25) is 0 Å². The number of rotatable bonds is 3. The predicted octanol–water partition coefficient (Wildman–Crippen LogP) is 1.47. The highest BCUT2D eigenvalue weighted by atomic mass is 16.1. The summed E-state index contributed by atoms with van der Waals surface area (Å²) in [6, 6.07) is 6.12. The number of hydrogen-bond donors (Lipinski definition) is 2. The molecule has 0 aromatic heterocycles. The van der Waals surface area contributed by atoms with Gasteiger partial charge in [-0.3, -0.25) is 4.79 Å². The minimum Gasteiger partial charge on any atom is -0.387 e. The summed E-state index contributed by atoms with van der Waals surface area (Å²) in [5.41, 5.74) is 2.76. The number of nitrogens with zero attached hydrogens (tertiary/aromatic N) is 1. The fraction of sp³-hybridized carbons (Fsp3) is 0.500. The molecule has 1 aliphatic heterocycles. The standard InChI is InChI=1S/C14H21N3O/c1-10-4-5-12(13(8-10)15-2)14(18)16-11-6-7-17(3)9-11/h4-5,8,11,15H,6-7,9H2,1-3H3,(H,16,18). The smallest absolute Gasteiger partial charge is 0.253 e. The first-order valence-corrected chi connectivity index (χ1v) is 6.38. The Morgan fingerprint density at radius 2 is 2.22 bits per heavy atom. The van der Waals surface area contributed by atoms with Crippen molar-refractivity contribution in [2.24, 2.45) is 0 Å². The first-order valence-electron chi connectivity index (χ1n) is 6.38. The number of likely N-dealkylation sites (tertiary alicyclic amines) is 1. The van der Waals surface area contributed by atoms with Gasteiger partial charge in [0.25, 0.3) is 5.91 Å². The lowest BCUT2D eigenvalue weighted by Crippen LogP contribution is -2.36. The minimum absolute atomic E-state index is 0.0136. The number of hydrogen-bond acceptors (Lipinski definition) is 3. The van der Waals surface area contributed by atoms with Gasteiger partial charge in [-0.05, 0) is 44.6 Å². The van der Waals surface area contributed by atoms with Crippen molar-refractivity contribution in [2.75, 3.05) is 32.5 Å². The zero-order valence-electron chi connectivity index (χ0n) is 11.3. The molecule has 2 rings (SSSR count). The quantitative estimate of drug-likeness (QED) is 0.850. The summed E-state index contributed by atoms with van der Waals surface area (Å²) in [6.07, 6.45) is 1.03. The molecule has 0 saturated carbocycles. The van der Waals surface area contributed by atoms with Crippen LogP contribution in [0.15, 0.2) is 18.2 Å². The maximum Gasteiger partial charge on any atom is 0.253 e. The van der Waals surface area contributed by atoms with Crippen molar-refractivity contribution >= 4 is 11.6 Å². The summed E-state index contributed by atoms with van der Waals surface area (Å²) in [6.45, 7) is 4.01. The Morgan fingerprint density at radius 1 is 1.44 bits per heavy atom. The summed E-state index contributed by atoms with van der Waals surface area (Å²) in [5.74, 6) is 0.0136. The molecule has 0 radical (unpaired) electrons. The molecule has 1 aromatic rings. The Hall–Kier alpha value is -1.55. The second-order valence-electron chi connectivity index (χ2n) is 5.02. The van der Waals surface area contributed by atoms with Gasteiger partial charge in [-0.2, -0.15) is 0 Å². The van der Waals surface area contributed by atoms with E-state index in [4.69, 9.17) is 0 Å². The molecule has 2 N–H and O–H groups in total. The normalized spacial score (nSPS) is 19.8. The van der Waals surface area contributed by atoms with Crippen molar-refractivity contribution in [1.29, 1.82) is 0 Å². The lowest BCUT2D eigenvalue weighted by molar-refractivity contribution is 0.0939. The average molecular weight is 247 g/mol. The third-order valence-electron chi connectivity index (χ3n) is 3.42. The van der Waals surface area contributed by atoms with Gasteiger partial charge in [-0.1, -0.05) is 6.07 Å². The Balaban J connectivity index is 2.09. The third kappa shape index (κ3) is 2.82. The topological polar surface area (TPSA) is 44.4 Å². The Labute approximate surface area is 108 Å². The molecule has 0 spiro atoms. The molecule has 1 amide bonds. The molecule has 0 aliphatic carbocycles. The first-order chi connectivity index (χ1) is 8.60. The van der Waals surface area contributed by atoms with Crippen LogP contribution in [-0.4, -0.2) is 44.0 Å². The summed E-state index contributed by atoms with van der Waals surface area (Å²) in [7, 11) is 3.92. The molecule has 1 atom stereocenters. The predicted molar refractivity (Wildman–Crippen MR) is 74.1 cm³/mol. The van der Waals surface area contributed by atoms with E-state index in [1.54, 1.807) is 0 Å². The number of benzene rings is 1. The SMILES string of the molecule is CNc1cc(C)ccc1C(=O)NC1CCN(C)C1. The van der Waals surface area contributed by atoms with E-state index in [1.165, 1.54) is 0 Å². The molecule has 1 aromatic carbocycles. The van der Waals surface area contributed by atoms with E-state index >= 15 is 0 Å². The highest BCUT2D eigenvalue weighted by molar-refractivity contribution is 5.99. The van der Waals surface area contributed by atoms with E-state index in [2.05, 4.69) is 22.6 Å². The largest absolute Gasteiger partial charge is 0.387 e. The second kappa shape index (κ2) is 5.40. The van der Waals surface area contributed by atoms with Gasteiger partial charge >= 0.3 is 0 Å². The Morgan fingerprint density at radius 3 is 2.83 bits per heavy atom. The third-order valence-corrected chi connectivity index (χ3v) is 3.42. The van der Waals surface area contributed by atoms with Crippen LogP contribution in [0.25, 0.3) is 0 Å². The maximum absolute atomic E-state index is 12.2. The number of anilines is 1. The molecule has 18 heavy (non-hydrogen) atoms. The monoisotopic (exact) mass is 247 g/mol. The van der Waals surface area contributed by atoms with Crippen molar-refractivity contribution < 1.29 is 4.79 Å². The van der Waals surface area contributed by atoms with Gasteiger partial charge < -0.3 is 15.5 Å². The zero-order chi connectivity index (χ0) is 13.1. The minimum atomic E-state index is 0.0136. The molecule has 1 heterocycles. The summed E-state index contributed by atoms with van der Waals surface area (Å²) in [4.78, 5) is 14.5. The van der Waals surface area contributed by atoms with Crippen LogP contribution in [-0.2, 0) is 0 Å². The van der Waals surface area contributed by atoms with Crippen LogP contribution in [0.1, 0.15) is 22.3 Å². The molecule has 4 heteroatoms. The van der Waals surface area contributed by atoms with Crippen molar-refractivity contribution in [3.63, 3.8) is 0 Å². The van der Waals surface area contributed by atoms with Gasteiger partial charge in [0.05, 0.1) is 5.56 Å². The lowest BCUT2D eigenvalue weighted by Gasteiger charge is -2.15. The van der Waals surface area contributed by atoms with Crippen LogP contribution in [0.2, 0.25) is 0 Å². The van der Waals surface area contributed by atoms with Crippen LogP contribution < -0.4 is 10.6 Å². The van der Waals surface area contributed by atoms with E-state index < -0.39 is 0 Å². The van der Waals surface area contributed by atoms with Gasteiger partial charge in [-0.15, -0.1) is 0 Å². The van der Waals surface area contributed by atoms with E-state index in [0.29, 0.717) is 0 Å². The fourth-order valence-electron chi connectivity index (χ4n) is 2.38. The number of carbonyl (C=O) groups is 1. The summed E-state index contributed by atoms with van der Waals surface area (Å²) in [5, 5.41) is 6.18. The molecular weight excluding hydrogens is 226 g/mol. The van der Waals surface area contributed by atoms with Crippen LogP contribution in [0.3, 0.4) is 0 Å². The number of aryl methyl sites for hydroxylation is 1. The fourth-order valence-corrected chi connectivity index (χ4v) is 2.38. The number of likely N-dealkylation sites (N-methyl/N-ethyl adjacent to an activating group) is 1. The highest BCUT2D eigenvalue weighted by Gasteiger charge is 2.22. The van der Waals surface area contributed by atoms with Gasteiger partial charge in [0, 0.05) is 25.3 Å². The number of nitrogens with one attached hydrogen (secondary N) is 2. The maximum atomic E-state index is 12.2. The van der Waals surface area contributed by atoms with E-state index in [9.17, 15) is 4.79 Å². The first kappa shape index (κ1) is 12.9. The molecular formula is C14H21N3O. The van der Waals surface area contributed by atoms with Gasteiger partial charge in [0.15, 0.2) is 0 Å². The van der Waals surface area contributed by atoms with Crippen LogP contribution >= 0.6 is 0 Å². The van der Waals surface area contributed by atoms with Crippen molar-refractivity contribution in [3.8, 4) is 0 Å². The van der Waals surface area contributed by atoms with Gasteiger partial charge in [-0.25, -0.2) is 0 Å². The van der Waals surface area contributed by atoms with E-state index in [0.717, 1.165) is 36.3 Å². The summed E-state index contributed by atoms with van der Waals surface area (Å²) < 4.78 is 0. The molecule has 0 bridgehead atoms.